The van der Waals surface area contributed by atoms with Crippen molar-refractivity contribution in [3.05, 3.63) is 64.8 Å². The fraction of sp³-hybridized carbons (Fsp3) is 0.0625. The lowest BCUT2D eigenvalue weighted by Crippen LogP contribution is -1.90. The maximum absolute atomic E-state index is 4.46. The first-order valence-corrected chi connectivity index (χ1v) is 7.88. The summed E-state index contributed by atoms with van der Waals surface area (Å²) in [6.07, 6.45) is 1.82. The third-order valence-corrected chi connectivity index (χ3v) is 4.54. The summed E-state index contributed by atoms with van der Waals surface area (Å²) in [6, 6.07) is 16.5. The Balaban J connectivity index is 1.88. The van der Waals surface area contributed by atoms with Crippen LogP contribution < -0.4 is 4.72 Å². The molecule has 1 aromatic heterocycles. The maximum Gasteiger partial charge on any atom is 0.0953 e. The van der Waals surface area contributed by atoms with Gasteiger partial charge in [0.25, 0.3) is 0 Å². The van der Waals surface area contributed by atoms with Crippen molar-refractivity contribution in [1.82, 2.24) is 4.98 Å². The smallest absolute Gasteiger partial charge is 0.0953 e. The van der Waals surface area contributed by atoms with Crippen LogP contribution in [-0.4, -0.2) is 4.98 Å². The molecule has 0 aliphatic rings. The predicted octanol–water partition coefficient (Wildman–Crippen LogP) is 5.42. The molecule has 3 aromatic rings. The number of nitrogens with zero attached hydrogens (tertiary/aromatic N) is 1. The van der Waals surface area contributed by atoms with Crippen LogP contribution in [0.3, 0.4) is 0 Å². The summed E-state index contributed by atoms with van der Waals surface area (Å²) in [5.41, 5.74) is 3.26. The molecule has 4 heteroatoms. The van der Waals surface area contributed by atoms with Gasteiger partial charge < -0.3 is 4.72 Å². The van der Waals surface area contributed by atoms with Gasteiger partial charge >= 0.3 is 0 Å². The van der Waals surface area contributed by atoms with E-state index in [1.165, 1.54) is 10.5 Å². The van der Waals surface area contributed by atoms with Gasteiger partial charge in [-0.25, -0.2) is 0 Å². The van der Waals surface area contributed by atoms with Crippen molar-refractivity contribution in [1.29, 1.82) is 0 Å². The van der Waals surface area contributed by atoms with Crippen LogP contribution in [0.2, 0.25) is 0 Å². The number of aromatic nitrogens is 1. The van der Waals surface area contributed by atoms with Gasteiger partial charge in [-0.3, -0.25) is 4.98 Å². The highest BCUT2D eigenvalue weighted by atomic mass is 79.9. The third-order valence-electron chi connectivity index (χ3n) is 3.02. The molecule has 0 unspecified atom stereocenters. The minimum Gasteiger partial charge on any atom is -0.324 e. The van der Waals surface area contributed by atoms with E-state index in [9.17, 15) is 0 Å². The van der Waals surface area contributed by atoms with Crippen LogP contribution in [0.5, 0.6) is 0 Å². The fourth-order valence-corrected chi connectivity index (χ4v) is 3.06. The van der Waals surface area contributed by atoms with E-state index in [0.717, 1.165) is 21.1 Å². The first kappa shape index (κ1) is 13.5. The zero-order valence-electron chi connectivity index (χ0n) is 10.9. The number of hydrogen-bond acceptors (Lipinski definition) is 3. The Morgan fingerprint density at radius 3 is 2.65 bits per heavy atom. The highest BCUT2D eigenvalue weighted by Crippen LogP contribution is 2.31. The predicted molar refractivity (Wildman–Crippen MR) is 90.1 cm³/mol. The van der Waals surface area contributed by atoms with Gasteiger partial charge in [0.05, 0.1) is 11.2 Å². The molecule has 0 spiro atoms. The van der Waals surface area contributed by atoms with E-state index in [1.807, 2.05) is 24.4 Å². The van der Waals surface area contributed by atoms with Crippen molar-refractivity contribution in [3.8, 4) is 0 Å². The molecule has 0 saturated carbocycles. The summed E-state index contributed by atoms with van der Waals surface area (Å²) in [5, 5.41) is 1.11. The average molecular weight is 345 g/mol. The number of benzene rings is 2. The molecule has 2 aromatic carbocycles. The lowest BCUT2D eigenvalue weighted by molar-refractivity contribution is 1.38. The minimum atomic E-state index is 0.974. The Morgan fingerprint density at radius 1 is 1.05 bits per heavy atom. The molecule has 2 nitrogen and oxygen atoms in total. The van der Waals surface area contributed by atoms with Crippen LogP contribution in [0.1, 0.15) is 5.56 Å². The van der Waals surface area contributed by atoms with Gasteiger partial charge in [0.1, 0.15) is 0 Å². The monoisotopic (exact) mass is 344 g/mol. The fourth-order valence-electron chi connectivity index (χ4n) is 1.94. The SMILES string of the molecule is Cc1ccc(SNc2ccc(Br)c3cccnc23)cc1. The van der Waals surface area contributed by atoms with Crippen molar-refractivity contribution >= 4 is 44.5 Å². The second-order valence-corrected chi connectivity index (χ2v) is 6.25. The first-order valence-electron chi connectivity index (χ1n) is 6.27. The van der Waals surface area contributed by atoms with Gasteiger partial charge in [-0.05, 0) is 49.2 Å². The van der Waals surface area contributed by atoms with Crippen molar-refractivity contribution in [3.63, 3.8) is 0 Å². The summed E-state index contributed by atoms with van der Waals surface area (Å²) in [7, 11) is 0. The highest BCUT2D eigenvalue weighted by molar-refractivity contribution is 9.10. The zero-order chi connectivity index (χ0) is 13.9. The summed E-state index contributed by atoms with van der Waals surface area (Å²) < 4.78 is 4.45. The van der Waals surface area contributed by atoms with Crippen LogP contribution in [0.15, 0.2) is 64.1 Å². The maximum atomic E-state index is 4.46. The molecule has 1 heterocycles. The zero-order valence-corrected chi connectivity index (χ0v) is 13.3. The van der Waals surface area contributed by atoms with Gasteiger partial charge in [0.2, 0.25) is 0 Å². The van der Waals surface area contributed by atoms with E-state index in [0.29, 0.717) is 0 Å². The first-order chi connectivity index (χ1) is 9.74. The van der Waals surface area contributed by atoms with Gasteiger partial charge in [-0.15, -0.1) is 0 Å². The largest absolute Gasteiger partial charge is 0.324 e. The van der Waals surface area contributed by atoms with E-state index < -0.39 is 0 Å². The molecule has 1 N–H and O–H groups in total. The average Bonchev–Trinajstić information content (AvgIpc) is 2.49. The second kappa shape index (κ2) is 5.85. The Labute approximate surface area is 130 Å². The van der Waals surface area contributed by atoms with E-state index >= 15 is 0 Å². The molecular weight excluding hydrogens is 332 g/mol. The molecule has 20 heavy (non-hydrogen) atoms. The van der Waals surface area contributed by atoms with E-state index in [1.54, 1.807) is 11.9 Å². The van der Waals surface area contributed by atoms with Gasteiger partial charge in [0.15, 0.2) is 0 Å². The van der Waals surface area contributed by atoms with Crippen molar-refractivity contribution in [2.75, 3.05) is 4.72 Å². The number of aryl methyl sites for hydroxylation is 1. The van der Waals surface area contributed by atoms with Crippen LogP contribution in [0.4, 0.5) is 5.69 Å². The Bertz CT molecular complexity index is 741. The number of anilines is 1. The Hall–Kier alpha value is -1.52. The standard InChI is InChI=1S/C16H13BrN2S/c1-11-4-6-12(7-5-11)20-19-15-9-8-14(17)13-3-2-10-18-16(13)15/h2-10,19H,1H3. The number of pyridine rings is 1. The highest BCUT2D eigenvalue weighted by Gasteiger charge is 2.05. The van der Waals surface area contributed by atoms with Crippen LogP contribution in [-0.2, 0) is 0 Å². The van der Waals surface area contributed by atoms with Crippen molar-refractivity contribution < 1.29 is 0 Å². The van der Waals surface area contributed by atoms with Crippen LogP contribution >= 0.6 is 27.9 Å². The Morgan fingerprint density at radius 2 is 1.85 bits per heavy atom. The van der Waals surface area contributed by atoms with Crippen molar-refractivity contribution in [2.24, 2.45) is 0 Å². The molecule has 0 radical (unpaired) electrons. The lowest BCUT2D eigenvalue weighted by atomic mass is 10.2. The van der Waals surface area contributed by atoms with Crippen LogP contribution in [0.25, 0.3) is 10.9 Å². The lowest BCUT2D eigenvalue weighted by Gasteiger charge is -2.09. The molecule has 0 bridgehead atoms. The quantitative estimate of drug-likeness (QED) is 0.641. The molecule has 3 rings (SSSR count). The normalized spacial score (nSPS) is 10.7. The molecule has 0 amide bonds. The molecule has 0 atom stereocenters. The second-order valence-electron chi connectivity index (χ2n) is 4.51. The van der Waals surface area contributed by atoms with Gasteiger partial charge in [-0.1, -0.05) is 39.7 Å². The van der Waals surface area contributed by atoms with E-state index in [4.69, 9.17) is 0 Å². The molecular formula is C16H13BrN2S. The van der Waals surface area contributed by atoms with E-state index in [2.05, 4.69) is 62.9 Å². The summed E-state index contributed by atoms with van der Waals surface area (Å²) >= 11 is 5.16. The van der Waals surface area contributed by atoms with Crippen molar-refractivity contribution in [2.45, 2.75) is 11.8 Å². The van der Waals surface area contributed by atoms with Crippen LogP contribution in [0, 0.1) is 6.92 Å². The molecule has 0 aliphatic carbocycles. The summed E-state index contributed by atoms with van der Waals surface area (Å²) in [4.78, 5) is 5.65. The Kier molecular flexibility index (Phi) is 3.94. The molecule has 100 valence electrons. The summed E-state index contributed by atoms with van der Waals surface area (Å²) in [6.45, 7) is 2.09. The number of fused-ring (bicyclic) bond motifs is 1. The van der Waals surface area contributed by atoms with E-state index in [-0.39, 0.29) is 0 Å². The third kappa shape index (κ3) is 2.81. The number of nitrogens with one attached hydrogen (secondary N) is 1. The number of hydrogen-bond donors (Lipinski definition) is 1. The topological polar surface area (TPSA) is 24.9 Å². The van der Waals surface area contributed by atoms with Gasteiger partial charge in [-0.2, -0.15) is 0 Å². The minimum absolute atomic E-state index is 0.974. The number of rotatable bonds is 3. The van der Waals surface area contributed by atoms with Gasteiger partial charge in [0, 0.05) is 21.0 Å². The molecule has 0 fully saturated rings. The number of halogens is 1. The molecule has 0 aliphatic heterocycles. The summed E-state index contributed by atoms with van der Waals surface area (Å²) in [5.74, 6) is 0. The molecule has 0 saturated heterocycles.